The van der Waals surface area contributed by atoms with Gasteiger partial charge in [0.15, 0.2) is 6.10 Å². The van der Waals surface area contributed by atoms with Crippen LogP contribution in [-0.2, 0) is 4.79 Å². The Kier molecular flexibility index (Phi) is 4.90. The number of aromatic nitrogens is 2. The van der Waals surface area contributed by atoms with Gasteiger partial charge in [0, 0.05) is 5.92 Å². The van der Waals surface area contributed by atoms with Gasteiger partial charge in [-0.1, -0.05) is 37.3 Å². The van der Waals surface area contributed by atoms with Gasteiger partial charge in [-0.25, -0.2) is 0 Å². The number of nitrogens with one attached hydrogen (secondary N) is 1. The van der Waals surface area contributed by atoms with Gasteiger partial charge < -0.3 is 4.74 Å². The smallest absolute Gasteiger partial charge is 0.266 e. The summed E-state index contributed by atoms with van der Waals surface area (Å²) in [5, 5.41) is 12.1. The van der Waals surface area contributed by atoms with Crippen molar-refractivity contribution in [3.8, 4) is 5.75 Å². The monoisotopic (exact) mass is 305 g/mol. The molecule has 1 aromatic heterocycles. The van der Waals surface area contributed by atoms with Crippen molar-refractivity contribution in [3.05, 3.63) is 34.8 Å². The average Bonchev–Trinajstić information content (AvgIpc) is 2.87. The normalized spacial score (nSPS) is 12.2. The van der Waals surface area contributed by atoms with Crippen LogP contribution in [0, 0.1) is 6.92 Å². The van der Waals surface area contributed by atoms with Crippen LogP contribution in [0.25, 0.3) is 0 Å². The number of rotatable bonds is 5. The van der Waals surface area contributed by atoms with Crippen molar-refractivity contribution in [2.45, 2.75) is 39.7 Å². The Morgan fingerprint density at radius 3 is 2.67 bits per heavy atom. The summed E-state index contributed by atoms with van der Waals surface area (Å²) < 4.78 is 5.63. The molecule has 0 saturated heterocycles. The standard InChI is InChI=1S/C15H19N3O2S/c1-9(2)14-17-18-15(21-14)16-13(19)11(4)20-12-7-5-6-10(3)8-12/h5-9,11H,1-4H3,(H,16,18,19). The zero-order valence-electron chi connectivity index (χ0n) is 12.6. The summed E-state index contributed by atoms with van der Waals surface area (Å²) in [5.74, 6) is 0.745. The van der Waals surface area contributed by atoms with E-state index in [1.54, 1.807) is 6.92 Å². The van der Waals surface area contributed by atoms with Gasteiger partial charge in [-0.3, -0.25) is 10.1 Å². The zero-order chi connectivity index (χ0) is 15.4. The molecule has 1 unspecified atom stereocenters. The van der Waals surface area contributed by atoms with Crippen LogP contribution in [0.2, 0.25) is 0 Å². The van der Waals surface area contributed by atoms with Crippen LogP contribution in [0.1, 0.15) is 37.3 Å². The van der Waals surface area contributed by atoms with E-state index in [0.29, 0.717) is 16.8 Å². The maximum Gasteiger partial charge on any atom is 0.266 e. The molecular formula is C15H19N3O2S. The van der Waals surface area contributed by atoms with Crippen molar-refractivity contribution in [2.24, 2.45) is 0 Å². The molecule has 0 aliphatic heterocycles. The van der Waals surface area contributed by atoms with Gasteiger partial charge >= 0.3 is 0 Å². The maximum absolute atomic E-state index is 12.1. The number of hydrogen-bond donors (Lipinski definition) is 1. The SMILES string of the molecule is Cc1cccc(OC(C)C(=O)Nc2nnc(C(C)C)s2)c1. The van der Waals surface area contributed by atoms with E-state index in [9.17, 15) is 4.79 Å². The minimum absolute atomic E-state index is 0.233. The Labute approximate surface area is 128 Å². The fourth-order valence-electron chi connectivity index (χ4n) is 1.67. The Balaban J connectivity index is 1.95. The Bertz CT molecular complexity index is 625. The van der Waals surface area contributed by atoms with Crippen LogP contribution in [-0.4, -0.2) is 22.2 Å². The predicted octanol–water partition coefficient (Wildman–Crippen LogP) is 3.38. The second kappa shape index (κ2) is 6.67. The highest BCUT2D eigenvalue weighted by molar-refractivity contribution is 7.15. The summed E-state index contributed by atoms with van der Waals surface area (Å²) in [7, 11) is 0. The minimum Gasteiger partial charge on any atom is -0.481 e. The van der Waals surface area contributed by atoms with E-state index in [2.05, 4.69) is 15.5 Å². The third-order valence-corrected chi connectivity index (χ3v) is 3.98. The highest BCUT2D eigenvalue weighted by atomic mass is 32.1. The van der Waals surface area contributed by atoms with E-state index in [-0.39, 0.29) is 5.91 Å². The molecule has 2 aromatic rings. The van der Waals surface area contributed by atoms with Crippen molar-refractivity contribution in [2.75, 3.05) is 5.32 Å². The molecule has 0 saturated carbocycles. The summed E-state index contributed by atoms with van der Waals surface area (Å²) in [6, 6.07) is 7.60. The third-order valence-electron chi connectivity index (χ3n) is 2.84. The molecule has 112 valence electrons. The first kappa shape index (κ1) is 15.4. The molecule has 1 atom stereocenters. The number of carbonyl (C=O) groups is 1. The van der Waals surface area contributed by atoms with Gasteiger partial charge in [-0.15, -0.1) is 10.2 Å². The lowest BCUT2D eigenvalue weighted by Crippen LogP contribution is -2.30. The number of nitrogens with zero attached hydrogens (tertiary/aromatic N) is 2. The Hall–Kier alpha value is -1.95. The average molecular weight is 305 g/mol. The van der Waals surface area contributed by atoms with E-state index in [0.717, 1.165) is 10.6 Å². The van der Waals surface area contributed by atoms with E-state index >= 15 is 0 Å². The summed E-state index contributed by atoms with van der Waals surface area (Å²) >= 11 is 1.39. The third kappa shape index (κ3) is 4.26. The molecule has 0 aliphatic rings. The number of anilines is 1. The molecule has 1 aromatic carbocycles. The molecule has 0 radical (unpaired) electrons. The van der Waals surface area contributed by atoms with Crippen molar-refractivity contribution >= 4 is 22.4 Å². The number of ether oxygens (including phenoxy) is 1. The molecule has 0 aliphatic carbocycles. The summed E-state index contributed by atoms with van der Waals surface area (Å²) in [6.07, 6.45) is -0.599. The van der Waals surface area contributed by atoms with Crippen molar-refractivity contribution in [3.63, 3.8) is 0 Å². The summed E-state index contributed by atoms with van der Waals surface area (Å²) in [6.45, 7) is 7.76. The van der Waals surface area contributed by atoms with Crippen LogP contribution in [0.15, 0.2) is 24.3 Å². The highest BCUT2D eigenvalue weighted by Gasteiger charge is 2.17. The largest absolute Gasteiger partial charge is 0.481 e. The molecule has 0 fully saturated rings. The number of aryl methyl sites for hydroxylation is 1. The first-order valence-electron chi connectivity index (χ1n) is 6.83. The fraction of sp³-hybridized carbons (Fsp3) is 0.400. The van der Waals surface area contributed by atoms with Gasteiger partial charge in [-0.2, -0.15) is 0 Å². The maximum atomic E-state index is 12.1. The lowest BCUT2D eigenvalue weighted by atomic mass is 10.2. The van der Waals surface area contributed by atoms with E-state index in [1.165, 1.54) is 11.3 Å². The molecule has 6 heteroatoms. The fourth-order valence-corrected chi connectivity index (χ4v) is 2.42. The molecule has 1 heterocycles. The van der Waals surface area contributed by atoms with E-state index in [1.807, 2.05) is 45.0 Å². The first-order chi connectivity index (χ1) is 9.95. The topological polar surface area (TPSA) is 64.1 Å². The highest BCUT2D eigenvalue weighted by Crippen LogP contribution is 2.22. The zero-order valence-corrected chi connectivity index (χ0v) is 13.4. The number of hydrogen-bond acceptors (Lipinski definition) is 5. The molecule has 1 amide bonds. The lowest BCUT2D eigenvalue weighted by molar-refractivity contribution is -0.122. The minimum atomic E-state index is -0.599. The van der Waals surface area contributed by atoms with Crippen molar-refractivity contribution < 1.29 is 9.53 Å². The molecule has 2 rings (SSSR count). The van der Waals surface area contributed by atoms with Gasteiger partial charge in [0.25, 0.3) is 5.91 Å². The Morgan fingerprint density at radius 2 is 2.05 bits per heavy atom. The van der Waals surface area contributed by atoms with Crippen LogP contribution in [0.5, 0.6) is 5.75 Å². The summed E-state index contributed by atoms with van der Waals surface area (Å²) in [4.78, 5) is 12.1. The van der Waals surface area contributed by atoms with Gasteiger partial charge in [0.05, 0.1) is 0 Å². The van der Waals surface area contributed by atoms with Crippen molar-refractivity contribution in [1.82, 2.24) is 10.2 Å². The first-order valence-corrected chi connectivity index (χ1v) is 7.65. The van der Waals surface area contributed by atoms with Crippen LogP contribution in [0.4, 0.5) is 5.13 Å². The second-order valence-electron chi connectivity index (χ2n) is 5.17. The quantitative estimate of drug-likeness (QED) is 0.920. The molecular weight excluding hydrogens is 286 g/mol. The van der Waals surface area contributed by atoms with Gasteiger partial charge in [0.1, 0.15) is 10.8 Å². The van der Waals surface area contributed by atoms with Gasteiger partial charge in [0.2, 0.25) is 5.13 Å². The van der Waals surface area contributed by atoms with E-state index < -0.39 is 6.10 Å². The molecule has 1 N–H and O–H groups in total. The van der Waals surface area contributed by atoms with Crippen molar-refractivity contribution in [1.29, 1.82) is 0 Å². The molecule has 5 nitrogen and oxygen atoms in total. The molecule has 21 heavy (non-hydrogen) atoms. The lowest BCUT2D eigenvalue weighted by Gasteiger charge is -2.13. The molecule has 0 spiro atoms. The summed E-state index contributed by atoms with van der Waals surface area (Å²) in [5.41, 5.74) is 1.09. The second-order valence-corrected chi connectivity index (χ2v) is 6.18. The number of carbonyl (C=O) groups excluding carboxylic acids is 1. The van der Waals surface area contributed by atoms with Crippen LogP contribution < -0.4 is 10.1 Å². The number of amides is 1. The van der Waals surface area contributed by atoms with Crippen LogP contribution >= 0.6 is 11.3 Å². The number of benzene rings is 1. The Morgan fingerprint density at radius 1 is 1.29 bits per heavy atom. The molecule has 0 bridgehead atoms. The van der Waals surface area contributed by atoms with Gasteiger partial charge in [-0.05, 0) is 31.5 Å². The predicted molar refractivity (Wildman–Crippen MR) is 83.9 cm³/mol. The van der Waals surface area contributed by atoms with E-state index in [4.69, 9.17) is 4.74 Å². The van der Waals surface area contributed by atoms with Crippen LogP contribution in [0.3, 0.4) is 0 Å².